The lowest BCUT2D eigenvalue weighted by Crippen LogP contribution is -2.33. The number of ether oxygens (including phenoxy) is 1. The Kier molecular flexibility index (Phi) is 4.69. The minimum absolute atomic E-state index is 0.102. The maximum Gasteiger partial charge on any atom is 0.330 e. The van der Waals surface area contributed by atoms with Crippen LogP contribution in [0.1, 0.15) is 39.0 Å². The summed E-state index contributed by atoms with van der Waals surface area (Å²) in [7, 11) is 0. The summed E-state index contributed by atoms with van der Waals surface area (Å²) in [6, 6.07) is 0. The Morgan fingerprint density at radius 2 is 2.14 bits per heavy atom. The molecule has 2 rings (SSSR count). The zero-order valence-electron chi connectivity index (χ0n) is 12.9. The number of aliphatic hydroxyl groups is 2. The van der Waals surface area contributed by atoms with Crippen molar-refractivity contribution >= 4 is 6.08 Å². The molecule has 0 spiro atoms. The average molecular weight is 310 g/mol. The number of nitrogens with one attached hydrogen (secondary N) is 1. The van der Waals surface area contributed by atoms with Crippen LogP contribution in [-0.2, 0) is 4.74 Å². The van der Waals surface area contributed by atoms with E-state index in [-0.39, 0.29) is 18.4 Å². The average Bonchev–Trinajstić information content (AvgIpc) is 2.77. The minimum atomic E-state index is -0.845. The van der Waals surface area contributed by atoms with Crippen molar-refractivity contribution in [3.8, 4) is 0 Å². The molecule has 0 radical (unpaired) electrons. The molecule has 1 aliphatic rings. The molecule has 122 valence electrons. The number of rotatable bonds is 3. The van der Waals surface area contributed by atoms with E-state index in [2.05, 4.69) is 4.98 Å². The van der Waals surface area contributed by atoms with E-state index in [0.717, 1.165) is 0 Å². The molecule has 0 aliphatic carbocycles. The Morgan fingerprint density at radius 1 is 1.45 bits per heavy atom. The number of hydrogen-bond acceptors (Lipinski definition) is 5. The Hall–Kier alpha value is -1.70. The third-order valence-corrected chi connectivity index (χ3v) is 3.45. The first-order valence-corrected chi connectivity index (χ1v) is 7.20. The quantitative estimate of drug-likeness (QED) is 0.741. The van der Waals surface area contributed by atoms with Crippen LogP contribution >= 0.6 is 0 Å². The summed E-state index contributed by atoms with van der Waals surface area (Å²) in [6.07, 6.45) is 2.84. The van der Waals surface area contributed by atoms with Crippen molar-refractivity contribution in [1.29, 1.82) is 0 Å². The van der Waals surface area contributed by atoms with E-state index in [1.165, 1.54) is 10.8 Å². The van der Waals surface area contributed by atoms with Gasteiger partial charge in [0.1, 0.15) is 12.3 Å². The number of H-pyrrole nitrogens is 1. The Bertz CT molecular complexity index is 668. The summed E-state index contributed by atoms with van der Waals surface area (Å²) in [5, 5.41) is 18.9. The second-order valence-corrected chi connectivity index (χ2v) is 6.57. The van der Waals surface area contributed by atoms with E-state index < -0.39 is 29.7 Å². The summed E-state index contributed by atoms with van der Waals surface area (Å²) < 4.78 is 6.69. The smallest absolute Gasteiger partial charge is 0.330 e. The highest BCUT2D eigenvalue weighted by Gasteiger charge is 2.35. The summed E-state index contributed by atoms with van der Waals surface area (Å²) >= 11 is 0. The highest BCUT2D eigenvalue weighted by atomic mass is 16.5. The van der Waals surface area contributed by atoms with Gasteiger partial charge in [-0.3, -0.25) is 14.3 Å². The van der Waals surface area contributed by atoms with E-state index in [0.29, 0.717) is 5.56 Å². The Balaban J connectivity index is 2.36. The maximum absolute atomic E-state index is 11.9. The number of nitrogens with zero attached hydrogens (tertiary/aromatic N) is 1. The lowest BCUT2D eigenvalue weighted by molar-refractivity contribution is -0.0459. The van der Waals surface area contributed by atoms with Crippen molar-refractivity contribution in [3.05, 3.63) is 38.7 Å². The standard InChI is InChI=1S/C15H22N2O5/c1-15(2,3)5-4-9-7-17(14(21)16-13(9)20)12-6-10(19)11(8-18)22-12/h4-5,7,10-12,18-19H,6,8H2,1-3H3,(H,16,20,21)/b5-4+/t10-,11+,12+/m0/s1. The van der Waals surface area contributed by atoms with E-state index in [1.54, 1.807) is 6.08 Å². The number of aliphatic hydroxyl groups excluding tert-OH is 2. The van der Waals surface area contributed by atoms with E-state index in [4.69, 9.17) is 9.84 Å². The van der Waals surface area contributed by atoms with Gasteiger partial charge >= 0.3 is 5.69 Å². The van der Waals surface area contributed by atoms with Gasteiger partial charge in [-0.25, -0.2) is 4.79 Å². The monoisotopic (exact) mass is 310 g/mol. The Labute approximate surface area is 127 Å². The molecule has 3 N–H and O–H groups in total. The molecule has 7 heteroatoms. The van der Waals surface area contributed by atoms with Gasteiger partial charge in [0.2, 0.25) is 0 Å². The third kappa shape index (κ3) is 3.73. The number of aromatic amines is 1. The topological polar surface area (TPSA) is 105 Å². The highest BCUT2D eigenvalue weighted by molar-refractivity contribution is 5.47. The molecule has 2 heterocycles. The molecule has 0 bridgehead atoms. The third-order valence-electron chi connectivity index (χ3n) is 3.45. The van der Waals surface area contributed by atoms with Crippen LogP contribution in [0.15, 0.2) is 21.9 Å². The predicted molar refractivity (Wildman–Crippen MR) is 81.4 cm³/mol. The van der Waals surface area contributed by atoms with Gasteiger partial charge in [-0.15, -0.1) is 0 Å². The molecule has 0 unspecified atom stereocenters. The van der Waals surface area contributed by atoms with Crippen LogP contribution in [0.5, 0.6) is 0 Å². The van der Waals surface area contributed by atoms with Crippen molar-refractivity contribution in [2.45, 2.75) is 45.6 Å². The number of allylic oxidation sites excluding steroid dienone is 1. The number of hydrogen-bond donors (Lipinski definition) is 3. The molecule has 1 aliphatic heterocycles. The first kappa shape index (κ1) is 16.7. The minimum Gasteiger partial charge on any atom is -0.394 e. The van der Waals surface area contributed by atoms with Crippen molar-refractivity contribution < 1.29 is 14.9 Å². The van der Waals surface area contributed by atoms with Crippen LogP contribution in [0.2, 0.25) is 0 Å². The first-order chi connectivity index (χ1) is 10.2. The molecule has 0 saturated carbocycles. The number of aromatic nitrogens is 2. The zero-order chi connectivity index (χ0) is 16.5. The molecule has 0 aromatic carbocycles. The molecule has 1 aromatic rings. The Morgan fingerprint density at radius 3 is 2.68 bits per heavy atom. The predicted octanol–water partition coefficient (Wildman–Crippen LogP) is 0.237. The van der Waals surface area contributed by atoms with Crippen LogP contribution in [0.25, 0.3) is 6.08 Å². The van der Waals surface area contributed by atoms with E-state index in [1.807, 2.05) is 26.8 Å². The van der Waals surface area contributed by atoms with Gasteiger partial charge in [0.25, 0.3) is 5.56 Å². The van der Waals surface area contributed by atoms with E-state index in [9.17, 15) is 14.7 Å². The molecule has 7 nitrogen and oxygen atoms in total. The summed E-state index contributed by atoms with van der Waals surface area (Å²) in [4.78, 5) is 26.0. The SMILES string of the molecule is CC(C)(C)/C=C/c1cn([C@H]2C[C@H](O)[C@@H](CO)O2)c(=O)[nH]c1=O. The fraction of sp³-hybridized carbons (Fsp3) is 0.600. The van der Waals surface area contributed by atoms with Crippen molar-refractivity contribution in [2.24, 2.45) is 5.41 Å². The summed E-state index contributed by atoms with van der Waals surface area (Å²) in [5.41, 5.74) is -0.845. The van der Waals surface area contributed by atoms with Gasteiger partial charge < -0.3 is 14.9 Å². The molecule has 22 heavy (non-hydrogen) atoms. The molecule has 1 fully saturated rings. The van der Waals surface area contributed by atoms with Crippen LogP contribution in [0.3, 0.4) is 0 Å². The van der Waals surface area contributed by atoms with Gasteiger partial charge in [0.15, 0.2) is 0 Å². The maximum atomic E-state index is 11.9. The molecular weight excluding hydrogens is 288 g/mol. The highest BCUT2D eigenvalue weighted by Crippen LogP contribution is 2.27. The van der Waals surface area contributed by atoms with Gasteiger partial charge in [-0.2, -0.15) is 0 Å². The molecule has 3 atom stereocenters. The normalized spacial score (nSPS) is 26.0. The molecule has 1 saturated heterocycles. The van der Waals surface area contributed by atoms with Crippen molar-refractivity contribution in [1.82, 2.24) is 9.55 Å². The van der Waals surface area contributed by atoms with Crippen molar-refractivity contribution in [3.63, 3.8) is 0 Å². The van der Waals surface area contributed by atoms with Crippen LogP contribution in [-0.4, -0.2) is 38.6 Å². The van der Waals surface area contributed by atoms with Gasteiger partial charge in [-0.1, -0.05) is 32.9 Å². The molecular formula is C15H22N2O5. The summed E-state index contributed by atoms with van der Waals surface area (Å²) in [5.74, 6) is 0. The lowest BCUT2D eigenvalue weighted by atomic mass is 9.96. The molecule has 0 amide bonds. The van der Waals surface area contributed by atoms with Gasteiger partial charge in [-0.05, 0) is 5.41 Å². The largest absolute Gasteiger partial charge is 0.394 e. The molecule has 1 aromatic heterocycles. The fourth-order valence-corrected chi connectivity index (χ4v) is 2.22. The van der Waals surface area contributed by atoms with Gasteiger partial charge in [0, 0.05) is 12.6 Å². The lowest BCUT2D eigenvalue weighted by Gasteiger charge is -2.15. The van der Waals surface area contributed by atoms with E-state index >= 15 is 0 Å². The second-order valence-electron chi connectivity index (χ2n) is 6.57. The van der Waals surface area contributed by atoms with Crippen LogP contribution < -0.4 is 11.2 Å². The van der Waals surface area contributed by atoms with Crippen LogP contribution in [0.4, 0.5) is 0 Å². The summed E-state index contributed by atoms with van der Waals surface area (Å²) in [6.45, 7) is 5.66. The van der Waals surface area contributed by atoms with Crippen LogP contribution in [0, 0.1) is 5.41 Å². The second kappa shape index (κ2) is 6.20. The van der Waals surface area contributed by atoms with Crippen molar-refractivity contribution in [2.75, 3.05) is 6.61 Å². The fourth-order valence-electron chi connectivity index (χ4n) is 2.22. The van der Waals surface area contributed by atoms with Gasteiger partial charge in [0.05, 0.1) is 18.3 Å². The zero-order valence-corrected chi connectivity index (χ0v) is 12.9. The first-order valence-electron chi connectivity index (χ1n) is 7.20.